The molecule has 1 heteroatoms. The van der Waals surface area contributed by atoms with Gasteiger partial charge < -0.3 is 4.42 Å². The van der Waals surface area contributed by atoms with Crippen LogP contribution in [0.3, 0.4) is 0 Å². The summed E-state index contributed by atoms with van der Waals surface area (Å²) in [5.41, 5.74) is 3.43. The molecule has 3 aromatic carbocycles. The van der Waals surface area contributed by atoms with Gasteiger partial charge in [0.25, 0.3) is 0 Å². The van der Waals surface area contributed by atoms with Crippen molar-refractivity contribution in [2.45, 2.75) is 19.8 Å². The van der Waals surface area contributed by atoms with Gasteiger partial charge in [0, 0.05) is 10.9 Å². The summed E-state index contributed by atoms with van der Waals surface area (Å²) in [7, 11) is 0. The van der Waals surface area contributed by atoms with Gasteiger partial charge in [-0.3, -0.25) is 0 Å². The van der Waals surface area contributed by atoms with Crippen LogP contribution in [0.4, 0.5) is 0 Å². The number of hydrogen-bond donors (Lipinski definition) is 0. The molecule has 4 rings (SSSR count). The summed E-state index contributed by atoms with van der Waals surface area (Å²) in [4.78, 5) is 0. The molecular weight excluding hydrogens is 268 g/mol. The van der Waals surface area contributed by atoms with Crippen molar-refractivity contribution in [3.8, 4) is 11.3 Å². The minimum Gasteiger partial charge on any atom is -0.456 e. The van der Waals surface area contributed by atoms with E-state index in [1.54, 1.807) is 0 Å². The second-order valence-corrected chi connectivity index (χ2v) is 6.09. The summed E-state index contributed by atoms with van der Waals surface area (Å²) in [6.45, 7) is 4.42. The molecule has 0 fully saturated rings. The van der Waals surface area contributed by atoms with Crippen LogP contribution >= 0.6 is 0 Å². The summed E-state index contributed by atoms with van der Waals surface area (Å²) in [5.74, 6) is 1.48. The third kappa shape index (κ3) is 2.10. The zero-order valence-electron chi connectivity index (χ0n) is 12.8. The Labute approximate surface area is 130 Å². The van der Waals surface area contributed by atoms with E-state index in [9.17, 15) is 0 Å². The summed E-state index contributed by atoms with van der Waals surface area (Å²) < 4.78 is 6.06. The molecule has 0 bridgehead atoms. The number of rotatable bonds is 2. The lowest BCUT2D eigenvalue weighted by molar-refractivity contribution is 0.631. The Morgan fingerprint density at radius 1 is 0.773 bits per heavy atom. The molecule has 0 saturated carbocycles. The second-order valence-electron chi connectivity index (χ2n) is 6.09. The molecule has 0 saturated heterocycles. The Hall–Kier alpha value is -2.54. The molecule has 0 aliphatic rings. The molecule has 0 aliphatic heterocycles. The van der Waals surface area contributed by atoms with Crippen molar-refractivity contribution in [2.75, 3.05) is 0 Å². The number of furan rings is 1. The van der Waals surface area contributed by atoms with Gasteiger partial charge in [-0.2, -0.15) is 0 Å². The first-order valence-electron chi connectivity index (χ1n) is 7.74. The molecule has 0 unspecified atom stereocenters. The van der Waals surface area contributed by atoms with Gasteiger partial charge >= 0.3 is 0 Å². The number of fused-ring (bicyclic) bond motifs is 3. The van der Waals surface area contributed by atoms with Crippen LogP contribution in [-0.4, -0.2) is 0 Å². The molecule has 0 aliphatic carbocycles. The first-order chi connectivity index (χ1) is 10.7. The minimum absolute atomic E-state index is 0.550. The molecule has 1 nitrogen and oxygen atoms in total. The maximum Gasteiger partial charge on any atom is 0.135 e. The zero-order valence-corrected chi connectivity index (χ0v) is 12.8. The first-order valence-corrected chi connectivity index (χ1v) is 7.74. The predicted octanol–water partition coefficient (Wildman–Crippen LogP) is 6.38. The van der Waals surface area contributed by atoms with Crippen LogP contribution in [0.25, 0.3) is 33.1 Å². The van der Waals surface area contributed by atoms with Gasteiger partial charge in [0.1, 0.15) is 11.3 Å². The SMILES string of the molecule is CC(C)c1ccc(-c2cc3c(ccc4ccccc43)o2)cc1. The van der Waals surface area contributed by atoms with Crippen molar-refractivity contribution in [1.82, 2.24) is 0 Å². The molecule has 0 amide bonds. The third-order valence-corrected chi connectivity index (χ3v) is 4.29. The smallest absolute Gasteiger partial charge is 0.135 e. The molecule has 22 heavy (non-hydrogen) atoms. The molecule has 0 spiro atoms. The van der Waals surface area contributed by atoms with Crippen LogP contribution in [0.2, 0.25) is 0 Å². The average molecular weight is 286 g/mol. The normalized spacial score (nSPS) is 11.6. The maximum absolute atomic E-state index is 6.06. The van der Waals surface area contributed by atoms with Crippen LogP contribution in [0.5, 0.6) is 0 Å². The van der Waals surface area contributed by atoms with Gasteiger partial charge in [0.15, 0.2) is 0 Å². The Balaban J connectivity index is 1.87. The largest absolute Gasteiger partial charge is 0.456 e. The summed E-state index contributed by atoms with van der Waals surface area (Å²) in [6.07, 6.45) is 0. The van der Waals surface area contributed by atoms with E-state index in [0.29, 0.717) is 5.92 Å². The molecule has 0 radical (unpaired) electrons. The standard InChI is InChI=1S/C21H18O/c1-14(2)15-7-9-17(10-8-15)21-13-19-18-6-4-3-5-16(18)11-12-20(19)22-21/h3-14H,1-2H3. The highest BCUT2D eigenvalue weighted by molar-refractivity contribution is 6.06. The highest BCUT2D eigenvalue weighted by Crippen LogP contribution is 2.33. The van der Waals surface area contributed by atoms with E-state index < -0.39 is 0 Å². The third-order valence-electron chi connectivity index (χ3n) is 4.29. The Morgan fingerprint density at radius 3 is 2.32 bits per heavy atom. The molecule has 108 valence electrons. The lowest BCUT2D eigenvalue weighted by atomic mass is 10.0. The fourth-order valence-electron chi connectivity index (χ4n) is 2.97. The van der Waals surface area contributed by atoms with E-state index in [2.05, 4.69) is 80.6 Å². The van der Waals surface area contributed by atoms with E-state index in [-0.39, 0.29) is 0 Å². The van der Waals surface area contributed by atoms with Gasteiger partial charge in [0.05, 0.1) is 0 Å². The van der Waals surface area contributed by atoms with Crippen molar-refractivity contribution < 1.29 is 4.42 Å². The Kier molecular flexibility index (Phi) is 3.00. The van der Waals surface area contributed by atoms with E-state index in [1.807, 2.05) is 0 Å². The van der Waals surface area contributed by atoms with Crippen LogP contribution in [-0.2, 0) is 0 Å². The van der Waals surface area contributed by atoms with E-state index in [4.69, 9.17) is 4.42 Å². The summed E-state index contributed by atoms with van der Waals surface area (Å²) >= 11 is 0. The fourth-order valence-corrected chi connectivity index (χ4v) is 2.97. The summed E-state index contributed by atoms with van der Waals surface area (Å²) in [5, 5.41) is 3.67. The van der Waals surface area contributed by atoms with Crippen LogP contribution in [0.1, 0.15) is 25.3 Å². The predicted molar refractivity (Wildman–Crippen MR) is 93.2 cm³/mol. The topological polar surface area (TPSA) is 13.1 Å². The summed E-state index contributed by atoms with van der Waals surface area (Å²) in [6, 6.07) is 23.4. The Morgan fingerprint density at radius 2 is 1.55 bits per heavy atom. The monoisotopic (exact) mass is 286 g/mol. The Bertz CT molecular complexity index is 943. The van der Waals surface area contributed by atoms with Crippen LogP contribution < -0.4 is 0 Å². The van der Waals surface area contributed by atoms with Gasteiger partial charge in [-0.05, 0) is 34.4 Å². The molecule has 1 aromatic heterocycles. The van der Waals surface area contributed by atoms with Gasteiger partial charge in [-0.25, -0.2) is 0 Å². The lowest BCUT2D eigenvalue weighted by Crippen LogP contribution is -1.85. The van der Waals surface area contributed by atoms with Gasteiger partial charge in [0.2, 0.25) is 0 Å². The zero-order chi connectivity index (χ0) is 15.1. The highest BCUT2D eigenvalue weighted by atomic mass is 16.3. The fraction of sp³-hybridized carbons (Fsp3) is 0.143. The van der Waals surface area contributed by atoms with E-state index in [0.717, 1.165) is 16.9 Å². The number of hydrogen-bond acceptors (Lipinski definition) is 1. The highest BCUT2D eigenvalue weighted by Gasteiger charge is 2.09. The molecule has 1 heterocycles. The lowest BCUT2D eigenvalue weighted by Gasteiger charge is -2.05. The van der Waals surface area contributed by atoms with E-state index >= 15 is 0 Å². The average Bonchev–Trinajstić information content (AvgIpc) is 2.99. The minimum atomic E-state index is 0.550. The first kappa shape index (κ1) is 13.1. The molecule has 0 N–H and O–H groups in total. The quantitative estimate of drug-likeness (QED) is 0.417. The van der Waals surface area contributed by atoms with E-state index in [1.165, 1.54) is 21.7 Å². The molecule has 0 atom stereocenters. The van der Waals surface area contributed by atoms with Crippen molar-refractivity contribution in [2.24, 2.45) is 0 Å². The number of benzene rings is 3. The maximum atomic E-state index is 6.06. The second kappa shape index (κ2) is 5.03. The van der Waals surface area contributed by atoms with Gasteiger partial charge in [-0.15, -0.1) is 0 Å². The van der Waals surface area contributed by atoms with Crippen molar-refractivity contribution in [3.05, 3.63) is 72.3 Å². The van der Waals surface area contributed by atoms with Crippen LogP contribution in [0.15, 0.2) is 71.1 Å². The van der Waals surface area contributed by atoms with Crippen molar-refractivity contribution in [1.29, 1.82) is 0 Å². The van der Waals surface area contributed by atoms with Crippen molar-refractivity contribution in [3.63, 3.8) is 0 Å². The van der Waals surface area contributed by atoms with Crippen LogP contribution in [0, 0.1) is 0 Å². The molecule has 4 aromatic rings. The van der Waals surface area contributed by atoms with Gasteiger partial charge in [-0.1, -0.05) is 68.4 Å². The molecular formula is C21H18O. The van der Waals surface area contributed by atoms with Crippen molar-refractivity contribution >= 4 is 21.7 Å².